The third-order valence-electron chi connectivity index (χ3n) is 4.98. The first kappa shape index (κ1) is 12.4. The number of fused-ring (bicyclic) bond motifs is 4. The average molecular weight is 278 g/mol. The summed E-state index contributed by atoms with van der Waals surface area (Å²) in [5.41, 5.74) is 2.32. The molecule has 108 valence electrons. The Balaban J connectivity index is 1.75. The Hall–Kier alpha value is -1.30. The summed E-state index contributed by atoms with van der Waals surface area (Å²) >= 11 is 0. The van der Waals surface area contributed by atoms with Gasteiger partial charge in [-0.25, -0.2) is 0 Å². The highest BCUT2D eigenvalue weighted by Crippen LogP contribution is 2.48. The van der Waals surface area contributed by atoms with Gasteiger partial charge < -0.3 is 24.8 Å². The number of rotatable bonds is 0. The molecule has 4 rings (SSSR count). The van der Waals surface area contributed by atoms with E-state index < -0.39 is 18.3 Å². The molecule has 3 N–H and O–H groups in total. The van der Waals surface area contributed by atoms with E-state index in [1.54, 1.807) is 0 Å². The van der Waals surface area contributed by atoms with E-state index in [0.29, 0.717) is 6.42 Å². The quantitative estimate of drug-likeness (QED) is 0.646. The van der Waals surface area contributed by atoms with Crippen molar-refractivity contribution >= 4 is 0 Å². The van der Waals surface area contributed by atoms with Crippen LogP contribution in [0, 0.1) is 5.92 Å². The fourth-order valence-electron chi connectivity index (χ4n) is 3.91. The van der Waals surface area contributed by atoms with Crippen molar-refractivity contribution in [2.75, 3.05) is 6.79 Å². The summed E-state index contributed by atoms with van der Waals surface area (Å²) in [6.07, 6.45) is -0.609. The number of aliphatic hydroxyl groups is 3. The Morgan fingerprint density at radius 1 is 1.00 bits per heavy atom. The first-order valence-electron chi connectivity index (χ1n) is 7.12. The third kappa shape index (κ3) is 1.67. The van der Waals surface area contributed by atoms with Crippen LogP contribution in [0.25, 0.3) is 0 Å². The minimum atomic E-state index is -1.04. The maximum Gasteiger partial charge on any atom is 0.231 e. The molecule has 1 aromatic rings. The van der Waals surface area contributed by atoms with Crippen molar-refractivity contribution in [2.45, 2.75) is 43.5 Å². The highest BCUT2D eigenvalue weighted by molar-refractivity contribution is 5.51. The van der Waals surface area contributed by atoms with E-state index in [4.69, 9.17) is 9.47 Å². The molecular formula is C15H18O5. The molecule has 0 amide bonds. The van der Waals surface area contributed by atoms with Crippen LogP contribution >= 0.6 is 0 Å². The van der Waals surface area contributed by atoms with Gasteiger partial charge in [0.1, 0.15) is 6.10 Å². The molecule has 2 aliphatic carbocycles. The van der Waals surface area contributed by atoms with Crippen LogP contribution in [0.2, 0.25) is 0 Å². The van der Waals surface area contributed by atoms with Crippen LogP contribution in [-0.4, -0.2) is 40.4 Å². The minimum Gasteiger partial charge on any atom is -0.454 e. The molecule has 0 spiro atoms. The molecule has 0 unspecified atom stereocenters. The highest BCUT2D eigenvalue weighted by atomic mass is 16.7. The van der Waals surface area contributed by atoms with Crippen molar-refractivity contribution < 1.29 is 24.8 Å². The third-order valence-corrected chi connectivity index (χ3v) is 4.98. The molecule has 0 bridgehead atoms. The molecule has 5 atom stereocenters. The second-order valence-corrected chi connectivity index (χ2v) is 6.00. The van der Waals surface area contributed by atoms with Gasteiger partial charge in [0.15, 0.2) is 11.5 Å². The largest absolute Gasteiger partial charge is 0.454 e. The summed E-state index contributed by atoms with van der Waals surface area (Å²) in [6, 6.07) is 3.99. The Labute approximate surface area is 116 Å². The fourth-order valence-corrected chi connectivity index (χ4v) is 3.91. The van der Waals surface area contributed by atoms with Gasteiger partial charge in [-0.1, -0.05) is 0 Å². The second kappa shape index (κ2) is 4.35. The predicted octanol–water partition coefficient (Wildman–Crippen LogP) is 0.548. The van der Waals surface area contributed by atoms with Gasteiger partial charge in [0.25, 0.3) is 0 Å². The second-order valence-electron chi connectivity index (χ2n) is 6.00. The van der Waals surface area contributed by atoms with Gasteiger partial charge in [-0.2, -0.15) is 0 Å². The lowest BCUT2D eigenvalue weighted by Gasteiger charge is -2.44. The van der Waals surface area contributed by atoms with Crippen LogP contribution in [-0.2, 0) is 6.42 Å². The zero-order chi connectivity index (χ0) is 13.9. The Morgan fingerprint density at radius 3 is 2.55 bits per heavy atom. The van der Waals surface area contributed by atoms with Crippen molar-refractivity contribution in [2.24, 2.45) is 5.92 Å². The number of benzene rings is 1. The number of aliphatic hydroxyl groups excluding tert-OH is 3. The summed E-state index contributed by atoms with van der Waals surface area (Å²) in [7, 11) is 0. The van der Waals surface area contributed by atoms with Crippen LogP contribution in [0.1, 0.15) is 29.9 Å². The van der Waals surface area contributed by atoms with Crippen LogP contribution in [0.15, 0.2) is 12.1 Å². The van der Waals surface area contributed by atoms with Crippen molar-refractivity contribution in [3.05, 3.63) is 23.3 Å². The molecule has 0 saturated heterocycles. The zero-order valence-corrected chi connectivity index (χ0v) is 11.0. The van der Waals surface area contributed by atoms with Gasteiger partial charge in [-0.15, -0.1) is 0 Å². The lowest BCUT2D eigenvalue weighted by molar-refractivity contribution is -0.120. The topological polar surface area (TPSA) is 79.2 Å². The molecule has 1 saturated carbocycles. The van der Waals surface area contributed by atoms with Crippen LogP contribution in [0.4, 0.5) is 0 Å². The average Bonchev–Trinajstić information content (AvgIpc) is 2.90. The van der Waals surface area contributed by atoms with E-state index in [0.717, 1.165) is 29.9 Å². The van der Waals surface area contributed by atoms with E-state index in [9.17, 15) is 15.3 Å². The maximum atomic E-state index is 10.2. The Morgan fingerprint density at radius 2 is 1.75 bits per heavy atom. The standard InChI is InChI=1S/C15H18O5/c16-11-4-10-8(14(17)15(11)18)2-1-7-3-12-13(5-9(7)10)20-6-19-12/h3,5,8,10-11,14-18H,1-2,4,6H2/t8-,10+,11+,14+,15-/m1/s1. The predicted molar refractivity (Wildman–Crippen MR) is 69.8 cm³/mol. The smallest absolute Gasteiger partial charge is 0.231 e. The SMILES string of the molecule is O[C@@H]1[C@H](O)[C@@H](O)C[C@@H]2c3cc4c(cc3CC[C@@H]12)OCO4. The van der Waals surface area contributed by atoms with E-state index in [2.05, 4.69) is 0 Å². The molecule has 20 heavy (non-hydrogen) atoms. The van der Waals surface area contributed by atoms with E-state index in [-0.39, 0.29) is 18.6 Å². The Kier molecular flexibility index (Phi) is 2.70. The molecule has 5 nitrogen and oxygen atoms in total. The molecule has 0 aromatic heterocycles. The molecule has 1 heterocycles. The number of ether oxygens (including phenoxy) is 2. The molecular weight excluding hydrogens is 260 g/mol. The van der Waals surface area contributed by atoms with Crippen LogP contribution in [0.5, 0.6) is 11.5 Å². The lowest BCUT2D eigenvalue weighted by atomic mass is 9.65. The van der Waals surface area contributed by atoms with Crippen molar-refractivity contribution in [3.8, 4) is 11.5 Å². The molecule has 0 radical (unpaired) electrons. The summed E-state index contributed by atoms with van der Waals surface area (Å²) in [6.45, 7) is 0.246. The van der Waals surface area contributed by atoms with E-state index in [1.807, 2.05) is 12.1 Å². The number of hydrogen-bond donors (Lipinski definition) is 3. The molecule has 3 aliphatic rings. The highest BCUT2D eigenvalue weighted by Gasteiger charge is 2.45. The lowest BCUT2D eigenvalue weighted by Crippen LogP contribution is -2.50. The first-order valence-corrected chi connectivity index (χ1v) is 7.12. The summed E-state index contributed by atoms with van der Waals surface area (Å²) in [4.78, 5) is 0. The van der Waals surface area contributed by atoms with Gasteiger partial charge in [-0.05, 0) is 54.4 Å². The van der Waals surface area contributed by atoms with Gasteiger partial charge in [0.05, 0.1) is 12.2 Å². The summed E-state index contributed by atoms with van der Waals surface area (Å²) in [5, 5.41) is 30.0. The normalized spacial score (nSPS) is 38.2. The summed E-state index contributed by atoms with van der Waals surface area (Å²) < 4.78 is 10.8. The van der Waals surface area contributed by atoms with Crippen LogP contribution < -0.4 is 9.47 Å². The number of hydrogen-bond acceptors (Lipinski definition) is 5. The molecule has 1 aliphatic heterocycles. The van der Waals surface area contributed by atoms with Gasteiger partial charge in [0, 0.05) is 0 Å². The van der Waals surface area contributed by atoms with Crippen molar-refractivity contribution in [1.29, 1.82) is 0 Å². The molecule has 5 heteroatoms. The molecule has 1 aromatic carbocycles. The van der Waals surface area contributed by atoms with Gasteiger partial charge in [0.2, 0.25) is 6.79 Å². The minimum absolute atomic E-state index is 0.00118. The van der Waals surface area contributed by atoms with Crippen molar-refractivity contribution in [1.82, 2.24) is 0 Å². The summed E-state index contributed by atoms with van der Waals surface area (Å²) in [5.74, 6) is 1.58. The van der Waals surface area contributed by atoms with Crippen LogP contribution in [0.3, 0.4) is 0 Å². The number of aryl methyl sites for hydroxylation is 1. The maximum absolute atomic E-state index is 10.2. The zero-order valence-electron chi connectivity index (χ0n) is 11.0. The van der Waals surface area contributed by atoms with E-state index >= 15 is 0 Å². The Bertz CT molecular complexity index is 543. The van der Waals surface area contributed by atoms with Gasteiger partial charge in [-0.3, -0.25) is 0 Å². The monoisotopic (exact) mass is 278 g/mol. The van der Waals surface area contributed by atoms with Gasteiger partial charge >= 0.3 is 0 Å². The first-order chi connectivity index (χ1) is 9.65. The molecule has 1 fully saturated rings. The van der Waals surface area contributed by atoms with Crippen molar-refractivity contribution in [3.63, 3.8) is 0 Å². The fraction of sp³-hybridized carbons (Fsp3) is 0.600. The van der Waals surface area contributed by atoms with E-state index in [1.165, 1.54) is 5.56 Å².